The average Bonchev–Trinajstić information content (AvgIpc) is 3.36. The van der Waals surface area contributed by atoms with Gasteiger partial charge in [-0.3, -0.25) is 4.90 Å². The van der Waals surface area contributed by atoms with E-state index in [2.05, 4.69) is 53.8 Å². The van der Waals surface area contributed by atoms with Crippen molar-refractivity contribution in [2.75, 3.05) is 4.90 Å². The molecule has 0 saturated heterocycles. The normalized spacial score (nSPS) is 15.9. The fraction of sp³-hybridized carbons (Fsp3) is 0.207. The Morgan fingerprint density at radius 1 is 1.00 bits per heavy atom. The first-order valence-electron chi connectivity index (χ1n) is 11.9. The van der Waals surface area contributed by atoms with E-state index in [0.29, 0.717) is 28.1 Å². The fourth-order valence-electron chi connectivity index (χ4n) is 4.40. The van der Waals surface area contributed by atoms with Crippen molar-refractivity contribution in [2.45, 2.75) is 40.2 Å². The number of hydrogen-bond donors (Lipinski definition) is 1. The van der Waals surface area contributed by atoms with E-state index in [-0.39, 0.29) is 11.9 Å². The molecule has 36 heavy (non-hydrogen) atoms. The Bertz CT molecular complexity index is 1460. The van der Waals surface area contributed by atoms with E-state index in [1.807, 2.05) is 36.9 Å². The number of thiocarbonyl (C=S) groups is 1. The number of hydrogen-bond acceptors (Lipinski definition) is 4. The molecule has 0 radical (unpaired) electrons. The second-order valence-corrected chi connectivity index (χ2v) is 9.42. The molecule has 0 aliphatic carbocycles. The third-order valence-electron chi connectivity index (χ3n) is 6.59. The number of rotatable bonds is 5. The van der Waals surface area contributed by atoms with E-state index in [1.54, 1.807) is 13.0 Å². The molecule has 0 amide bonds. The molecule has 1 aliphatic rings. The molecule has 1 unspecified atom stereocenters. The quantitative estimate of drug-likeness (QED) is 0.301. The summed E-state index contributed by atoms with van der Waals surface area (Å²) >= 11 is 5.77. The third-order valence-corrected chi connectivity index (χ3v) is 6.89. The van der Waals surface area contributed by atoms with Crippen LogP contribution in [0.2, 0.25) is 0 Å². The minimum absolute atomic E-state index is 0.291. The van der Waals surface area contributed by atoms with Crippen LogP contribution in [0.25, 0.3) is 17.0 Å². The molecule has 4 aromatic rings. The minimum atomic E-state index is -0.305. The highest BCUT2D eigenvalue weighted by Gasteiger charge is 2.35. The predicted molar refractivity (Wildman–Crippen MR) is 145 cm³/mol. The summed E-state index contributed by atoms with van der Waals surface area (Å²) in [6, 6.07) is 21.2. The molecular formula is C29H27FN4OS. The molecule has 1 aromatic heterocycles. The predicted octanol–water partition coefficient (Wildman–Crippen LogP) is 6.92. The van der Waals surface area contributed by atoms with Crippen LogP contribution >= 0.6 is 12.2 Å². The largest absolute Gasteiger partial charge is 0.351 e. The Labute approximate surface area is 215 Å². The maximum atomic E-state index is 14.5. The number of halogens is 1. The van der Waals surface area contributed by atoms with Gasteiger partial charge in [0.05, 0.1) is 17.3 Å². The van der Waals surface area contributed by atoms with E-state index in [9.17, 15) is 4.39 Å². The molecule has 1 atom stereocenters. The lowest BCUT2D eigenvalue weighted by Gasteiger charge is -2.37. The number of aromatic nitrogens is 2. The third kappa shape index (κ3) is 4.42. The first-order valence-corrected chi connectivity index (χ1v) is 12.3. The average molecular weight is 499 g/mol. The molecule has 2 heterocycles. The molecule has 5 rings (SSSR count). The number of nitrogens with one attached hydrogen (secondary N) is 1. The van der Waals surface area contributed by atoms with Gasteiger partial charge in [0, 0.05) is 11.3 Å². The minimum Gasteiger partial charge on any atom is -0.351 e. The van der Waals surface area contributed by atoms with Crippen molar-refractivity contribution in [2.24, 2.45) is 0 Å². The van der Waals surface area contributed by atoms with Crippen LogP contribution in [0, 0.1) is 19.7 Å². The number of allylic oxidation sites excluding steroid dienone is 1. The molecule has 0 saturated carbocycles. The highest BCUT2D eigenvalue weighted by atomic mass is 32.1. The molecule has 3 aromatic carbocycles. The lowest BCUT2D eigenvalue weighted by Crippen LogP contribution is -2.46. The smallest absolute Gasteiger partial charge is 0.258 e. The number of anilines is 1. The van der Waals surface area contributed by atoms with E-state index >= 15 is 0 Å². The second-order valence-electron chi connectivity index (χ2n) is 9.03. The molecule has 1 N–H and O–H groups in total. The molecule has 182 valence electrons. The van der Waals surface area contributed by atoms with Crippen molar-refractivity contribution in [1.82, 2.24) is 15.5 Å². The molecule has 7 heteroatoms. The van der Waals surface area contributed by atoms with Crippen molar-refractivity contribution in [3.05, 3.63) is 106 Å². The summed E-state index contributed by atoms with van der Waals surface area (Å²) in [4.78, 5) is 6.59. The summed E-state index contributed by atoms with van der Waals surface area (Å²) in [7, 11) is 0. The lowest BCUT2D eigenvalue weighted by molar-refractivity contribution is 0.404. The Hall–Kier alpha value is -3.84. The van der Waals surface area contributed by atoms with Gasteiger partial charge in [0.1, 0.15) is 5.82 Å². The van der Waals surface area contributed by atoms with Gasteiger partial charge in [-0.2, -0.15) is 4.98 Å². The van der Waals surface area contributed by atoms with E-state index in [4.69, 9.17) is 21.7 Å². The van der Waals surface area contributed by atoms with Gasteiger partial charge in [-0.05, 0) is 68.2 Å². The highest BCUT2D eigenvalue weighted by Crippen LogP contribution is 2.39. The topological polar surface area (TPSA) is 54.2 Å². The monoisotopic (exact) mass is 498 g/mol. The fourth-order valence-corrected chi connectivity index (χ4v) is 4.76. The van der Waals surface area contributed by atoms with Crippen LogP contribution in [0.15, 0.2) is 77.0 Å². The summed E-state index contributed by atoms with van der Waals surface area (Å²) in [6.45, 7) is 7.85. The maximum Gasteiger partial charge on any atom is 0.258 e. The van der Waals surface area contributed by atoms with Crippen molar-refractivity contribution in [3.63, 3.8) is 0 Å². The van der Waals surface area contributed by atoms with Crippen LogP contribution in [0.5, 0.6) is 0 Å². The van der Waals surface area contributed by atoms with E-state index in [1.165, 1.54) is 11.6 Å². The zero-order valence-electron chi connectivity index (χ0n) is 20.7. The van der Waals surface area contributed by atoms with Gasteiger partial charge in [-0.1, -0.05) is 72.2 Å². The van der Waals surface area contributed by atoms with Crippen LogP contribution in [0.1, 0.15) is 48.0 Å². The molecule has 0 bridgehead atoms. The lowest BCUT2D eigenvalue weighted by atomic mass is 9.94. The molecule has 0 fully saturated rings. The van der Waals surface area contributed by atoms with Crippen LogP contribution in [0.3, 0.4) is 0 Å². The zero-order valence-corrected chi connectivity index (χ0v) is 21.5. The van der Waals surface area contributed by atoms with Gasteiger partial charge in [0.2, 0.25) is 5.82 Å². The van der Waals surface area contributed by atoms with Crippen LogP contribution in [0.4, 0.5) is 10.1 Å². The van der Waals surface area contributed by atoms with E-state index in [0.717, 1.165) is 34.4 Å². The summed E-state index contributed by atoms with van der Waals surface area (Å²) in [5, 5.41) is 8.18. The standard InChI is InChI=1S/C29H27FN4OS/c1-5-20-9-13-22(14-10-20)27-32-28(35-33-27)25-19(4)34(23-15-8-18(3)24(30)16-23)29(36)31-26(25)21-11-6-17(2)7-12-21/h6-16,26H,5H2,1-4H3,(H,31,36). The second kappa shape index (κ2) is 9.66. The first-order chi connectivity index (χ1) is 17.4. The summed E-state index contributed by atoms with van der Waals surface area (Å²) in [5.74, 6) is 0.609. The van der Waals surface area contributed by atoms with Crippen molar-refractivity contribution in [3.8, 4) is 11.4 Å². The number of aryl methyl sites for hydroxylation is 3. The van der Waals surface area contributed by atoms with Gasteiger partial charge in [0.15, 0.2) is 5.11 Å². The Morgan fingerprint density at radius 3 is 2.39 bits per heavy atom. The van der Waals surface area contributed by atoms with Crippen molar-refractivity contribution in [1.29, 1.82) is 0 Å². The number of benzene rings is 3. The maximum absolute atomic E-state index is 14.5. The van der Waals surface area contributed by atoms with Gasteiger partial charge in [0.25, 0.3) is 5.89 Å². The SMILES string of the molecule is CCc1ccc(-c2noc(C3=C(C)N(c4ccc(C)c(F)c4)C(=S)NC3c3ccc(C)cc3)n2)cc1. The summed E-state index contributed by atoms with van der Waals surface area (Å²) in [6.07, 6.45) is 0.961. The molecule has 0 spiro atoms. The van der Waals surface area contributed by atoms with Crippen LogP contribution in [-0.2, 0) is 6.42 Å². The Kier molecular flexibility index (Phi) is 6.41. The molecular weight excluding hydrogens is 471 g/mol. The van der Waals surface area contributed by atoms with E-state index < -0.39 is 0 Å². The van der Waals surface area contributed by atoms with Gasteiger partial charge in [-0.15, -0.1) is 0 Å². The van der Waals surface area contributed by atoms with Crippen molar-refractivity contribution >= 4 is 28.6 Å². The molecule has 5 nitrogen and oxygen atoms in total. The zero-order chi connectivity index (χ0) is 25.4. The first kappa shape index (κ1) is 23.9. The summed E-state index contributed by atoms with van der Waals surface area (Å²) < 4.78 is 20.3. The summed E-state index contributed by atoms with van der Waals surface area (Å²) in [5.41, 5.74) is 7.08. The molecule has 1 aliphatic heterocycles. The Morgan fingerprint density at radius 2 is 1.72 bits per heavy atom. The Balaban J connectivity index is 1.64. The number of nitrogens with zero attached hydrogens (tertiary/aromatic N) is 3. The van der Waals surface area contributed by atoms with Gasteiger partial charge in [-0.25, -0.2) is 4.39 Å². The van der Waals surface area contributed by atoms with Gasteiger partial charge >= 0.3 is 0 Å². The van der Waals surface area contributed by atoms with Crippen LogP contribution < -0.4 is 10.2 Å². The van der Waals surface area contributed by atoms with Gasteiger partial charge < -0.3 is 9.84 Å². The highest BCUT2D eigenvalue weighted by molar-refractivity contribution is 7.80. The van der Waals surface area contributed by atoms with Crippen LogP contribution in [-0.4, -0.2) is 15.3 Å². The van der Waals surface area contributed by atoms with Crippen molar-refractivity contribution < 1.29 is 8.91 Å².